The van der Waals surface area contributed by atoms with Gasteiger partial charge in [0.2, 0.25) is 6.71 Å². The highest BCUT2D eigenvalue weighted by molar-refractivity contribution is 6.98. The summed E-state index contributed by atoms with van der Waals surface area (Å²) in [4.78, 5) is 4.87. The van der Waals surface area contributed by atoms with E-state index in [1.807, 2.05) is 0 Å². The topological polar surface area (TPSA) is 6.48 Å². The number of para-hydroxylation sites is 5. The first-order valence-electron chi connectivity index (χ1n) is 11.4. The van der Waals surface area contributed by atoms with Crippen LogP contribution in [0.5, 0.6) is 0 Å². The first kappa shape index (κ1) is 18.3. The summed E-state index contributed by atoms with van der Waals surface area (Å²) < 4.78 is 0. The molecule has 2 nitrogen and oxygen atoms in total. The summed E-state index contributed by atoms with van der Waals surface area (Å²) in [5, 5.41) is 0. The van der Waals surface area contributed by atoms with Crippen molar-refractivity contribution in [3.63, 3.8) is 0 Å². The van der Waals surface area contributed by atoms with Gasteiger partial charge in [-0.05, 0) is 47.3 Å². The maximum absolute atomic E-state index is 2.47. The zero-order chi connectivity index (χ0) is 21.8. The summed E-state index contributed by atoms with van der Waals surface area (Å²) in [5.41, 5.74) is 11.3. The van der Waals surface area contributed by atoms with Crippen LogP contribution in [0.15, 0.2) is 127 Å². The second kappa shape index (κ2) is 7.14. The maximum atomic E-state index is 2.47. The number of hydrogen-bond acceptors (Lipinski definition) is 2. The molecule has 0 fully saturated rings. The van der Waals surface area contributed by atoms with Crippen LogP contribution in [0.25, 0.3) is 0 Å². The van der Waals surface area contributed by atoms with E-state index < -0.39 is 0 Å². The van der Waals surface area contributed by atoms with Gasteiger partial charge in [-0.25, -0.2) is 0 Å². The summed E-state index contributed by atoms with van der Waals surface area (Å²) >= 11 is 0. The quantitative estimate of drug-likeness (QED) is 0.328. The predicted molar refractivity (Wildman–Crippen MR) is 140 cm³/mol. The summed E-state index contributed by atoms with van der Waals surface area (Å²) in [6.45, 7) is 0.191. The van der Waals surface area contributed by atoms with E-state index >= 15 is 0 Å². The van der Waals surface area contributed by atoms with Gasteiger partial charge in [-0.2, -0.15) is 0 Å². The second-order valence-electron chi connectivity index (χ2n) is 8.61. The lowest BCUT2D eigenvalue weighted by Crippen LogP contribution is -2.57. The van der Waals surface area contributed by atoms with Gasteiger partial charge in [0.15, 0.2) is 0 Å². The molecule has 5 aromatic rings. The molecule has 0 aromatic heterocycles. The lowest BCUT2D eigenvalue weighted by Gasteiger charge is -2.45. The highest BCUT2D eigenvalue weighted by atomic mass is 15.3. The van der Waals surface area contributed by atoms with Gasteiger partial charge >= 0.3 is 0 Å². The monoisotopic (exact) mass is 420 g/mol. The van der Waals surface area contributed by atoms with E-state index in [-0.39, 0.29) is 6.71 Å². The van der Waals surface area contributed by atoms with Crippen molar-refractivity contribution in [2.45, 2.75) is 0 Å². The maximum Gasteiger partial charge on any atom is 0.246 e. The Morgan fingerprint density at radius 2 is 0.939 bits per heavy atom. The molecule has 5 aromatic carbocycles. The number of rotatable bonds is 2. The Labute approximate surface area is 194 Å². The summed E-state index contributed by atoms with van der Waals surface area (Å²) in [6.07, 6.45) is 0. The molecule has 0 aliphatic carbocycles. The van der Waals surface area contributed by atoms with Crippen molar-refractivity contribution < 1.29 is 0 Å². The van der Waals surface area contributed by atoms with Crippen LogP contribution in [0.4, 0.5) is 34.1 Å². The van der Waals surface area contributed by atoms with Crippen LogP contribution in [0, 0.1) is 0 Å². The van der Waals surface area contributed by atoms with E-state index in [1.165, 1.54) is 50.5 Å². The molecular weight excluding hydrogens is 399 g/mol. The van der Waals surface area contributed by atoms with Crippen molar-refractivity contribution in [1.82, 2.24) is 0 Å². The highest BCUT2D eigenvalue weighted by Crippen LogP contribution is 2.53. The number of anilines is 6. The van der Waals surface area contributed by atoms with Crippen LogP contribution in [-0.2, 0) is 0 Å². The van der Waals surface area contributed by atoms with Crippen molar-refractivity contribution in [2.75, 3.05) is 9.80 Å². The zero-order valence-corrected chi connectivity index (χ0v) is 18.1. The van der Waals surface area contributed by atoms with Crippen molar-refractivity contribution in [3.8, 4) is 0 Å². The molecular formula is C30H21BN2. The van der Waals surface area contributed by atoms with Crippen molar-refractivity contribution in [3.05, 3.63) is 127 Å². The van der Waals surface area contributed by atoms with Crippen molar-refractivity contribution in [2.24, 2.45) is 0 Å². The van der Waals surface area contributed by atoms with Gasteiger partial charge < -0.3 is 9.80 Å². The Balaban J connectivity index is 1.58. The molecule has 2 aliphatic heterocycles. The van der Waals surface area contributed by atoms with E-state index in [4.69, 9.17) is 0 Å². The van der Waals surface area contributed by atoms with E-state index in [1.54, 1.807) is 0 Å². The Morgan fingerprint density at radius 1 is 0.394 bits per heavy atom. The number of fused-ring (bicyclic) bond motifs is 4. The van der Waals surface area contributed by atoms with Crippen LogP contribution < -0.4 is 26.2 Å². The third kappa shape index (κ3) is 2.63. The number of hydrogen-bond donors (Lipinski definition) is 0. The van der Waals surface area contributed by atoms with Gasteiger partial charge in [0, 0.05) is 11.4 Å². The van der Waals surface area contributed by atoms with E-state index in [9.17, 15) is 0 Å². The molecule has 2 aliphatic rings. The number of benzene rings is 5. The molecule has 154 valence electrons. The Morgan fingerprint density at radius 3 is 1.70 bits per heavy atom. The van der Waals surface area contributed by atoms with Crippen LogP contribution in [-0.4, -0.2) is 6.71 Å². The molecule has 33 heavy (non-hydrogen) atoms. The largest absolute Gasteiger partial charge is 0.307 e. The van der Waals surface area contributed by atoms with E-state index in [2.05, 4.69) is 137 Å². The molecule has 0 atom stereocenters. The fraction of sp³-hybridized carbons (Fsp3) is 0. The third-order valence-corrected chi connectivity index (χ3v) is 6.82. The van der Waals surface area contributed by atoms with Crippen LogP contribution >= 0.6 is 0 Å². The zero-order valence-electron chi connectivity index (χ0n) is 18.1. The molecule has 0 bridgehead atoms. The summed E-state index contributed by atoms with van der Waals surface area (Å²) in [6, 6.07) is 45.9. The van der Waals surface area contributed by atoms with Gasteiger partial charge in [-0.15, -0.1) is 0 Å². The fourth-order valence-corrected chi connectivity index (χ4v) is 5.51. The summed E-state index contributed by atoms with van der Waals surface area (Å²) in [5.74, 6) is 0. The minimum atomic E-state index is 0.191. The smallest absolute Gasteiger partial charge is 0.246 e. The molecule has 0 unspecified atom stereocenters. The third-order valence-electron chi connectivity index (χ3n) is 6.82. The van der Waals surface area contributed by atoms with Crippen molar-refractivity contribution >= 4 is 57.2 Å². The first-order chi connectivity index (χ1) is 16.4. The lowest BCUT2D eigenvalue weighted by molar-refractivity contribution is 1.17. The van der Waals surface area contributed by atoms with Crippen LogP contribution in [0.2, 0.25) is 0 Å². The first-order valence-corrected chi connectivity index (χ1v) is 11.4. The van der Waals surface area contributed by atoms with Crippen LogP contribution in [0.1, 0.15) is 0 Å². The van der Waals surface area contributed by atoms with Crippen LogP contribution in [0.3, 0.4) is 0 Å². The Bertz CT molecular complexity index is 1370. The standard InChI is InChI=1S/C30H21BN2/c1-3-12-22(13-4-1)31-24-16-7-8-18-26(24)33-28-20-10-9-19-27(28)32(23-14-5-2-6-15-23)29-21-11-17-25(31)30(29)33/h1-21H. The predicted octanol–water partition coefficient (Wildman–Crippen LogP) is 5.77. The van der Waals surface area contributed by atoms with Gasteiger partial charge in [-0.1, -0.05) is 96.5 Å². The van der Waals surface area contributed by atoms with E-state index in [0.29, 0.717) is 0 Å². The normalized spacial score (nSPS) is 13.3. The second-order valence-corrected chi connectivity index (χ2v) is 8.61. The lowest BCUT2D eigenvalue weighted by atomic mass is 9.35. The van der Waals surface area contributed by atoms with Gasteiger partial charge in [0.25, 0.3) is 0 Å². The molecule has 0 spiro atoms. The number of nitrogens with zero attached hydrogens (tertiary/aromatic N) is 2. The highest BCUT2D eigenvalue weighted by Gasteiger charge is 2.40. The van der Waals surface area contributed by atoms with Gasteiger partial charge in [0.1, 0.15) is 0 Å². The average molecular weight is 420 g/mol. The molecule has 3 heteroatoms. The molecule has 7 rings (SSSR count). The minimum Gasteiger partial charge on any atom is -0.307 e. The molecule has 0 saturated heterocycles. The average Bonchev–Trinajstić information content (AvgIpc) is 2.89. The molecule has 0 N–H and O–H groups in total. The van der Waals surface area contributed by atoms with Gasteiger partial charge in [0.05, 0.1) is 22.7 Å². The fourth-order valence-electron chi connectivity index (χ4n) is 5.51. The molecule has 0 radical (unpaired) electrons. The molecule has 0 amide bonds. The molecule has 2 heterocycles. The summed E-state index contributed by atoms with van der Waals surface area (Å²) in [7, 11) is 0. The minimum absolute atomic E-state index is 0.191. The van der Waals surface area contributed by atoms with E-state index in [0.717, 1.165) is 0 Å². The Kier molecular flexibility index (Phi) is 3.97. The van der Waals surface area contributed by atoms with Crippen molar-refractivity contribution in [1.29, 1.82) is 0 Å². The van der Waals surface area contributed by atoms with Gasteiger partial charge in [-0.3, -0.25) is 0 Å². The Hall–Kier alpha value is -4.24. The SMILES string of the molecule is c1ccc(B2c3ccccc3N3c4ccccc4N(c4ccccc4)c4cccc2c43)cc1. The molecule has 0 saturated carbocycles.